The third-order valence-electron chi connectivity index (χ3n) is 3.95. The summed E-state index contributed by atoms with van der Waals surface area (Å²) >= 11 is 0. The molecule has 1 aromatic heterocycles. The Morgan fingerprint density at radius 3 is 2.73 bits per heavy atom. The van der Waals surface area contributed by atoms with Crippen LogP contribution in [0.2, 0.25) is 0 Å². The van der Waals surface area contributed by atoms with Crippen LogP contribution in [0.1, 0.15) is 12.0 Å². The minimum atomic E-state index is 0.0274. The zero-order valence-corrected chi connectivity index (χ0v) is 12.5. The fourth-order valence-electron chi connectivity index (χ4n) is 2.73. The summed E-state index contributed by atoms with van der Waals surface area (Å²) in [5.41, 5.74) is 1.24. The van der Waals surface area contributed by atoms with Crippen LogP contribution in [0.25, 0.3) is 0 Å². The minimum absolute atomic E-state index is 0.0274. The molecule has 0 spiro atoms. The maximum Gasteiger partial charge on any atom is 0.225 e. The Hall–Kier alpha value is -2.43. The number of benzene rings is 1. The fourth-order valence-corrected chi connectivity index (χ4v) is 2.73. The van der Waals surface area contributed by atoms with Gasteiger partial charge in [0.05, 0.1) is 5.92 Å². The van der Waals surface area contributed by atoms with E-state index in [9.17, 15) is 4.79 Å². The average molecular weight is 296 g/mol. The molecular weight excluding hydrogens is 276 g/mol. The summed E-state index contributed by atoms with van der Waals surface area (Å²) in [6.07, 6.45) is 5.19. The summed E-state index contributed by atoms with van der Waals surface area (Å²) < 4.78 is 0. The minimum Gasteiger partial charge on any atom is -0.355 e. The lowest BCUT2D eigenvalue weighted by Gasteiger charge is -2.15. The normalized spacial score (nSPS) is 17.5. The number of anilines is 1. The maximum absolute atomic E-state index is 12.2. The van der Waals surface area contributed by atoms with Gasteiger partial charge in [0.1, 0.15) is 0 Å². The molecule has 3 rings (SSSR count). The van der Waals surface area contributed by atoms with Gasteiger partial charge in [0.2, 0.25) is 11.9 Å². The van der Waals surface area contributed by atoms with Gasteiger partial charge in [-0.25, -0.2) is 9.97 Å². The summed E-state index contributed by atoms with van der Waals surface area (Å²) in [6, 6.07) is 12.0. The van der Waals surface area contributed by atoms with E-state index >= 15 is 0 Å². The van der Waals surface area contributed by atoms with Crippen molar-refractivity contribution in [2.75, 3.05) is 24.5 Å². The summed E-state index contributed by atoms with van der Waals surface area (Å²) in [6.45, 7) is 2.21. The van der Waals surface area contributed by atoms with Crippen LogP contribution in [0.15, 0.2) is 48.8 Å². The zero-order chi connectivity index (χ0) is 15.2. The summed E-state index contributed by atoms with van der Waals surface area (Å²) in [5.74, 6) is 0.871. The van der Waals surface area contributed by atoms with Crippen molar-refractivity contribution in [1.29, 1.82) is 0 Å². The second kappa shape index (κ2) is 7.02. The van der Waals surface area contributed by atoms with E-state index in [0.717, 1.165) is 19.4 Å². The number of nitrogens with one attached hydrogen (secondary N) is 1. The summed E-state index contributed by atoms with van der Waals surface area (Å²) in [7, 11) is 0. The number of amides is 1. The van der Waals surface area contributed by atoms with Gasteiger partial charge in [-0.1, -0.05) is 30.3 Å². The topological polar surface area (TPSA) is 58.1 Å². The van der Waals surface area contributed by atoms with Crippen molar-refractivity contribution in [3.63, 3.8) is 0 Å². The number of rotatable bonds is 5. The number of aromatic nitrogens is 2. The molecule has 114 valence electrons. The molecule has 2 heterocycles. The van der Waals surface area contributed by atoms with Crippen LogP contribution < -0.4 is 10.2 Å². The van der Waals surface area contributed by atoms with E-state index in [-0.39, 0.29) is 11.8 Å². The first-order valence-corrected chi connectivity index (χ1v) is 7.66. The molecule has 1 saturated heterocycles. The maximum atomic E-state index is 12.2. The van der Waals surface area contributed by atoms with Crippen molar-refractivity contribution >= 4 is 11.9 Å². The van der Waals surface area contributed by atoms with Crippen molar-refractivity contribution < 1.29 is 4.79 Å². The SMILES string of the molecule is O=C(NCCc1ccccc1)[C@H]1CCN(c2ncccn2)C1. The molecule has 1 fully saturated rings. The van der Waals surface area contributed by atoms with Crippen molar-refractivity contribution in [2.45, 2.75) is 12.8 Å². The lowest BCUT2D eigenvalue weighted by molar-refractivity contribution is -0.124. The number of hydrogen-bond acceptors (Lipinski definition) is 4. The predicted molar refractivity (Wildman–Crippen MR) is 85.5 cm³/mol. The third kappa shape index (κ3) is 3.61. The lowest BCUT2D eigenvalue weighted by Crippen LogP contribution is -2.34. The molecule has 0 bridgehead atoms. The highest BCUT2D eigenvalue weighted by atomic mass is 16.1. The Morgan fingerprint density at radius 2 is 1.95 bits per heavy atom. The standard InChI is InChI=1S/C17H20N4O/c22-16(18-11-7-14-5-2-1-3-6-14)15-8-12-21(13-15)17-19-9-4-10-20-17/h1-6,9-10,15H,7-8,11-13H2,(H,18,22)/t15-/m0/s1. The second-order valence-corrected chi connectivity index (χ2v) is 5.51. The smallest absolute Gasteiger partial charge is 0.225 e. The van der Waals surface area contributed by atoms with Gasteiger partial charge in [-0.3, -0.25) is 4.79 Å². The molecule has 1 aliphatic rings. The zero-order valence-electron chi connectivity index (χ0n) is 12.5. The van der Waals surface area contributed by atoms with Crippen molar-refractivity contribution in [3.05, 3.63) is 54.4 Å². The molecule has 0 saturated carbocycles. The third-order valence-corrected chi connectivity index (χ3v) is 3.95. The van der Waals surface area contributed by atoms with Crippen molar-refractivity contribution in [2.24, 2.45) is 5.92 Å². The predicted octanol–water partition coefficient (Wildman–Crippen LogP) is 1.66. The van der Waals surface area contributed by atoms with Crippen LogP contribution in [-0.4, -0.2) is 35.5 Å². The Bertz CT molecular complexity index is 603. The Kier molecular flexibility index (Phi) is 4.63. The van der Waals surface area contributed by atoms with Crippen molar-refractivity contribution in [1.82, 2.24) is 15.3 Å². The first-order chi connectivity index (χ1) is 10.8. The molecule has 22 heavy (non-hydrogen) atoms. The van der Waals surface area contributed by atoms with Gasteiger partial charge in [0.15, 0.2) is 0 Å². The van der Waals surface area contributed by atoms with E-state index in [1.165, 1.54) is 5.56 Å². The quantitative estimate of drug-likeness (QED) is 0.911. The van der Waals surface area contributed by atoms with E-state index in [2.05, 4.69) is 32.3 Å². The molecule has 1 N–H and O–H groups in total. The molecule has 5 heteroatoms. The van der Waals surface area contributed by atoms with E-state index in [4.69, 9.17) is 0 Å². The molecule has 0 unspecified atom stereocenters. The highest BCUT2D eigenvalue weighted by Gasteiger charge is 2.29. The largest absolute Gasteiger partial charge is 0.355 e. The molecule has 1 aromatic carbocycles. The fraction of sp³-hybridized carbons (Fsp3) is 0.353. The molecular formula is C17H20N4O. The van der Waals surface area contributed by atoms with Crippen LogP contribution in [-0.2, 0) is 11.2 Å². The van der Waals surface area contributed by atoms with Gasteiger partial charge < -0.3 is 10.2 Å². The number of carbonyl (C=O) groups excluding carboxylic acids is 1. The van der Waals surface area contributed by atoms with Gasteiger partial charge in [0.25, 0.3) is 0 Å². The lowest BCUT2D eigenvalue weighted by atomic mass is 10.1. The Morgan fingerprint density at radius 1 is 1.18 bits per heavy atom. The van der Waals surface area contributed by atoms with Crippen molar-refractivity contribution in [3.8, 4) is 0 Å². The summed E-state index contributed by atoms with van der Waals surface area (Å²) in [4.78, 5) is 22.8. The van der Waals surface area contributed by atoms with Crippen LogP contribution in [0.4, 0.5) is 5.95 Å². The van der Waals surface area contributed by atoms with E-state index in [1.54, 1.807) is 18.5 Å². The highest BCUT2D eigenvalue weighted by molar-refractivity contribution is 5.79. The number of hydrogen-bond donors (Lipinski definition) is 1. The van der Waals surface area contributed by atoms with Gasteiger partial charge in [-0.05, 0) is 24.5 Å². The summed E-state index contributed by atoms with van der Waals surface area (Å²) in [5, 5.41) is 3.04. The van der Waals surface area contributed by atoms with E-state index < -0.39 is 0 Å². The van der Waals surface area contributed by atoms with Crippen LogP contribution in [0.5, 0.6) is 0 Å². The Balaban J connectivity index is 1.46. The first kappa shape index (κ1) is 14.5. The molecule has 2 aromatic rings. The van der Waals surface area contributed by atoms with Crippen LogP contribution >= 0.6 is 0 Å². The van der Waals surface area contributed by atoms with Crippen LogP contribution in [0, 0.1) is 5.92 Å². The Labute approximate surface area is 130 Å². The molecule has 1 atom stereocenters. The molecule has 0 aliphatic carbocycles. The second-order valence-electron chi connectivity index (χ2n) is 5.51. The van der Waals surface area contributed by atoms with Gasteiger partial charge in [0, 0.05) is 32.0 Å². The molecule has 1 aliphatic heterocycles. The first-order valence-electron chi connectivity index (χ1n) is 7.66. The van der Waals surface area contributed by atoms with E-state index in [1.807, 2.05) is 18.2 Å². The molecule has 5 nitrogen and oxygen atoms in total. The van der Waals surface area contributed by atoms with Gasteiger partial charge in [-0.2, -0.15) is 0 Å². The number of nitrogens with zero attached hydrogens (tertiary/aromatic N) is 3. The van der Waals surface area contributed by atoms with Gasteiger partial charge >= 0.3 is 0 Å². The van der Waals surface area contributed by atoms with E-state index in [0.29, 0.717) is 19.0 Å². The highest BCUT2D eigenvalue weighted by Crippen LogP contribution is 2.20. The average Bonchev–Trinajstić information content (AvgIpc) is 3.07. The number of carbonyl (C=O) groups is 1. The molecule has 0 radical (unpaired) electrons. The molecule has 1 amide bonds. The van der Waals surface area contributed by atoms with Crippen LogP contribution in [0.3, 0.4) is 0 Å². The van der Waals surface area contributed by atoms with Gasteiger partial charge in [-0.15, -0.1) is 0 Å². The monoisotopic (exact) mass is 296 g/mol.